The van der Waals surface area contributed by atoms with Crippen LogP contribution in [-0.4, -0.2) is 28.7 Å². The number of benzene rings is 1. The van der Waals surface area contributed by atoms with Crippen LogP contribution in [0.2, 0.25) is 0 Å². The molecule has 1 aliphatic heterocycles. The van der Waals surface area contributed by atoms with Crippen LogP contribution in [-0.2, 0) is 9.53 Å². The lowest BCUT2D eigenvalue weighted by molar-refractivity contribution is -0.138. The van der Waals surface area contributed by atoms with E-state index in [1.54, 1.807) is 18.5 Å². The Hall–Kier alpha value is -2.13. The number of aromatic nitrogens is 1. The van der Waals surface area contributed by atoms with Gasteiger partial charge in [0.05, 0.1) is 12.2 Å². The Morgan fingerprint density at radius 1 is 1.38 bits per heavy atom. The van der Waals surface area contributed by atoms with Gasteiger partial charge in [-0.1, -0.05) is 22.0 Å². The summed E-state index contributed by atoms with van der Waals surface area (Å²) in [5, 5.41) is 5.83. The molecule has 1 aromatic carbocycles. The van der Waals surface area contributed by atoms with Crippen LogP contribution in [0.5, 0.6) is 0 Å². The highest BCUT2D eigenvalue weighted by Crippen LogP contribution is 2.33. The molecule has 26 heavy (non-hydrogen) atoms. The van der Waals surface area contributed by atoms with Crippen molar-refractivity contribution in [2.45, 2.75) is 13.0 Å². The van der Waals surface area contributed by atoms with Crippen molar-refractivity contribution in [2.75, 3.05) is 11.9 Å². The fourth-order valence-corrected chi connectivity index (χ4v) is 3.55. The Morgan fingerprint density at radius 3 is 2.81 bits per heavy atom. The minimum Gasteiger partial charge on any atom is -0.463 e. The van der Waals surface area contributed by atoms with Crippen LogP contribution in [0.15, 0.2) is 46.0 Å². The molecule has 0 saturated heterocycles. The van der Waals surface area contributed by atoms with Gasteiger partial charge in [0.15, 0.2) is 22.5 Å². The van der Waals surface area contributed by atoms with E-state index < -0.39 is 23.6 Å². The van der Waals surface area contributed by atoms with Crippen LogP contribution < -0.4 is 5.32 Å². The van der Waals surface area contributed by atoms with E-state index in [-0.39, 0.29) is 12.2 Å². The standard InChI is InChI=1S/C17H14BrF2N3O2S/c1-2-25-17(24)13-12(8-18)22-15(16-21-5-6-26-16)23-14(13)9-3-4-10(19)11(20)7-9/h3-7,14H,2,8H2,1H3,(H,22,23)/t14-/m0/s1. The summed E-state index contributed by atoms with van der Waals surface area (Å²) < 4.78 is 32.2. The molecule has 9 heteroatoms. The summed E-state index contributed by atoms with van der Waals surface area (Å²) in [6.45, 7) is 1.88. The topological polar surface area (TPSA) is 63.6 Å². The maximum absolute atomic E-state index is 13.8. The van der Waals surface area contributed by atoms with Crippen molar-refractivity contribution in [3.8, 4) is 0 Å². The minimum absolute atomic E-state index is 0.186. The zero-order valence-electron chi connectivity index (χ0n) is 13.6. The molecule has 0 amide bonds. The number of rotatable bonds is 5. The van der Waals surface area contributed by atoms with Gasteiger partial charge in [-0.15, -0.1) is 11.3 Å². The van der Waals surface area contributed by atoms with E-state index in [9.17, 15) is 13.6 Å². The first kappa shape index (κ1) is 18.7. The average molecular weight is 442 g/mol. The van der Waals surface area contributed by atoms with Gasteiger partial charge in [-0.3, -0.25) is 4.99 Å². The SMILES string of the molecule is CCOC(=O)C1=C(CBr)NC(c2nccs2)=N[C@H]1c1ccc(F)c(F)c1. The van der Waals surface area contributed by atoms with Crippen LogP contribution in [0.4, 0.5) is 8.78 Å². The Labute approximate surface area is 160 Å². The highest BCUT2D eigenvalue weighted by atomic mass is 79.9. The molecule has 1 aliphatic rings. The molecule has 136 valence electrons. The second-order valence-electron chi connectivity index (χ2n) is 5.26. The first-order chi connectivity index (χ1) is 12.5. The lowest BCUT2D eigenvalue weighted by Gasteiger charge is -2.26. The van der Waals surface area contributed by atoms with Crippen LogP contribution in [0, 0.1) is 11.6 Å². The van der Waals surface area contributed by atoms with E-state index >= 15 is 0 Å². The molecule has 1 N–H and O–H groups in total. The number of allylic oxidation sites excluding steroid dienone is 1. The molecule has 1 atom stereocenters. The number of thiazole rings is 1. The number of ether oxygens (including phenoxy) is 1. The summed E-state index contributed by atoms with van der Waals surface area (Å²) in [6, 6.07) is 2.63. The summed E-state index contributed by atoms with van der Waals surface area (Å²) in [6.07, 6.45) is 1.63. The van der Waals surface area contributed by atoms with Crippen molar-refractivity contribution >= 4 is 39.1 Å². The first-order valence-electron chi connectivity index (χ1n) is 7.70. The summed E-state index contributed by atoms with van der Waals surface area (Å²) in [5.41, 5.74) is 1.13. The highest BCUT2D eigenvalue weighted by molar-refractivity contribution is 9.09. The zero-order chi connectivity index (χ0) is 18.7. The second-order valence-corrected chi connectivity index (χ2v) is 6.72. The Balaban J connectivity index is 2.13. The molecule has 3 rings (SSSR count). The molecule has 0 unspecified atom stereocenters. The zero-order valence-corrected chi connectivity index (χ0v) is 16.0. The number of carbonyl (C=O) groups is 1. The minimum atomic E-state index is -1.00. The molecule has 0 fully saturated rings. The number of hydrogen-bond donors (Lipinski definition) is 1. The van der Waals surface area contributed by atoms with Gasteiger partial charge < -0.3 is 10.1 Å². The number of hydrogen-bond acceptors (Lipinski definition) is 6. The number of halogens is 3. The van der Waals surface area contributed by atoms with E-state index in [1.165, 1.54) is 17.4 Å². The van der Waals surface area contributed by atoms with Gasteiger partial charge >= 0.3 is 5.97 Å². The van der Waals surface area contributed by atoms with Gasteiger partial charge in [0.1, 0.15) is 6.04 Å². The van der Waals surface area contributed by atoms with Crippen molar-refractivity contribution in [3.05, 3.63) is 63.3 Å². The fourth-order valence-electron chi connectivity index (χ4n) is 2.52. The Morgan fingerprint density at radius 2 is 2.19 bits per heavy atom. The third-order valence-corrected chi connectivity index (χ3v) is 4.99. The molecule has 0 radical (unpaired) electrons. The summed E-state index contributed by atoms with van der Waals surface area (Å²) in [4.78, 5) is 21.2. The number of alkyl halides is 1. The van der Waals surface area contributed by atoms with Gasteiger partial charge in [-0.2, -0.15) is 0 Å². The Kier molecular flexibility index (Phi) is 5.77. The quantitative estimate of drug-likeness (QED) is 0.567. The molecule has 0 spiro atoms. The van der Waals surface area contributed by atoms with E-state index in [1.807, 2.05) is 0 Å². The number of nitrogens with one attached hydrogen (secondary N) is 1. The molecule has 2 aromatic rings. The van der Waals surface area contributed by atoms with Gasteiger partial charge in [0.25, 0.3) is 0 Å². The molecule has 2 heterocycles. The Bertz CT molecular complexity index is 884. The summed E-state index contributed by atoms with van der Waals surface area (Å²) in [5.74, 6) is -2.08. The van der Waals surface area contributed by atoms with Gasteiger partial charge in [0.2, 0.25) is 0 Å². The number of carbonyl (C=O) groups excluding carboxylic acids is 1. The molecule has 0 saturated carbocycles. The van der Waals surface area contributed by atoms with E-state index in [2.05, 4.69) is 31.2 Å². The maximum Gasteiger partial charge on any atom is 0.338 e. The summed E-state index contributed by atoms with van der Waals surface area (Å²) >= 11 is 4.73. The third-order valence-electron chi connectivity index (χ3n) is 3.65. The van der Waals surface area contributed by atoms with Crippen LogP contribution in [0.25, 0.3) is 0 Å². The van der Waals surface area contributed by atoms with Crippen LogP contribution in [0.1, 0.15) is 23.5 Å². The van der Waals surface area contributed by atoms with E-state index in [0.717, 1.165) is 12.1 Å². The van der Waals surface area contributed by atoms with Crippen molar-refractivity contribution in [1.82, 2.24) is 10.3 Å². The number of esters is 1. The van der Waals surface area contributed by atoms with E-state index in [0.29, 0.717) is 27.4 Å². The van der Waals surface area contributed by atoms with Crippen molar-refractivity contribution in [1.29, 1.82) is 0 Å². The van der Waals surface area contributed by atoms with Crippen molar-refractivity contribution < 1.29 is 18.3 Å². The number of aliphatic imine (C=N–C) groups is 1. The molecule has 0 aliphatic carbocycles. The van der Waals surface area contributed by atoms with Crippen LogP contribution in [0.3, 0.4) is 0 Å². The molecule has 1 aromatic heterocycles. The predicted octanol–water partition coefficient (Wildman–Crippen LogP) is 3.72. The van der Waals surface area contributed by atoms with Crippen molar-refractivity contribution in [3.63, 3.8) is 0 Å². The molecular formula is C17H14BrF2N3O2S. The molecule has 5 nitrogen and oxygen atoms in total. The molecule has 0 bridgehead atoms. The van der Waals surface area contributed by atoms with Gasteiger partial charge in [0, 0.05) is 22.6 Å². The number of nitrogens with zero attached hydrogens (tertiary/aromatic N) is 2. The summed E-state index contributed by atoms with van der Waals surface area (Å²) in [7, 11) is 0. The predicted molar refractivity (Wildman–Crippen MR) is 98.3 cm³/mol. The number of amidine groups is 1. The average Bonchev–Trinajstić information content (AvgIpc) is 3.17. The lowest BCUT2D eigenvalue weighted by Crippen LogP contribution is -2.34. The molecular weight excluding hydrogens is 428 g/mol. The monoisotopic (exact) mass is 441 g/mol. The second kappa shape index (κ2) is 8.05. The normalized spacial score (nSPS) is 16.9. The van der Waals surface area contributed by atoms with Gasteiger partial charge in [-0.25, -0.2) is 18.6 Å². The highest BCUT2D eigenvalue weighted by Gasteiger charge is 2.32. The smallest absolute Gasteiger partial charge is 0.338 e. The van der Waals surface area contributed by atoms with Crippen molar-refractivity contribution in [2.24, 2.45) is 4.99 Å². The largest absolute Gasteiger partial charge is 0.463 e. The third kappa shape index (κ3) is 3.68. The van der Waals surface area contributed by atoms with Crippen LogP contribution >= 0.6 is 27.3 Å². The fraction of sp³-hybridized carbons (Fsp3) is 0.235. The van der Waals surface area contributed by atoms with E-state index in [4.69, 9.17) is 4.74 Å². The van der Waals surface area contributed by atoms with Gasteiger partial charge in [-0.05, 0) is 24.6 Å². The lowest BCUT2D eigenvalue weighted by atomic mass is 9.96. The maximum atomic E-state index is 13.8. The first-order valence-corrected chi connectivity index (χ1v) is 9.71.